The van der Waals surface area contributed by atoms with Gasteiger partial charge in [-0.1, -0.05) is 12.1 Å². The molecule has 0 saturated carbocycles. The molecule has 1 aliphatic rings. The highest BCUT2D eigenvalue weighted by Gasteiger charge is 2.43. The number of ether oxygens (including phenoxy) is 2. The Labute approximate surface area is 115 Å². The van der Waals surface area contributed by atoms with Gasteiger partial charge >= 0.3 is 0 Å². The Morgan fingerprint density at radius 3 is 2.68 bits per heavy atom. The predicted octanol–water partition coefficient (Wildman–Crippen LogP) is 3.05. The number of nitrogens with zero attached hydrogens (tertiary/aromatic N) is 1. The zero-order valence-corrected chi connectivity index (χ0v) is 12.8. The molecule has 1 aromatic rings. The van der Waals surface area contributed by atoms with Crippen LogP contribution in [0.3, 0.4) is 0 Å². The minimum Gasteiger partial charge on any atom is -0.493 e. The first-order valence-corrected chi connectivity index (χ1v) is 9.74. The summed E-state index contributed by atoms with van der Waals surface area (Å²) in [5.41, 5.74) is -0.130. The number of para-hydroxylation sites is 1. The van der Waals surface area contributed by atoms with Crippen LogP contribution in [0.1, 0.15) is 12.0 Å². The van der Waals surface area contributed by atoms with Gasteiger partial charge in [-0.05, 0) is 25.7 Å². The Kier molecular flexibility index (Phi) is 3.57. The highest BCUT2D eigenvalue weighted by Crippen LogP contribution is 2.45. The summed E-state index contributed by atoms with van der Waals surface area (Å²) in [7, 11) is -0.255. The number of rotatable bonds is 3. The number of methoxy groups -OCH3 is 1. The van der Waals surface area contributed by atoms with Crippen molar-refractivity contribution in [1.29, 1.82) is 5.26 Å². The number of hydrogen-bond acceptors (Lipinski definition) is 4. The molecule has 0 saturated heterocycles. The van der Waals surface area contributed by atoms with Crippen LogP contribution in [-0.2, 0) is 10.0 Å². The molecule has 0 fully saturated rings. The van der Waals surface area contributed by atoms with Gasteiger partial charge < -0.3 is 13.9 Å². The molecule has 0 amide bonds. The minimum absolute atomic E-state index is 0.464. The van der Waals surface area contributed by atoms with E-state index in [1.54, 1.807) is 7.11 Å². The van der Waals surface area contributed by atoms with Crippen LogP contribution in [0.25, 0.3) is 0 Å². The minimum atomic E-state index is -1.85. The first-order chi connectivity index (χ1) is 8.92. The molecule has 102 valence electrons. The fraction of sp³-hybridized carbons (Fsp3) is 0.500. The summed E-state index contributed by atoms with van der Waals surface area (Å²) < 4.78 is 17.2. The highest BCUT2D eigenvalue weighted by molar-refractivity contribution is 6.69. The SMILES string of the molecule is COc1cccc2c1OCCC2(C#N)O[Si](C)(C)C. The summed E-state index contributed by atoms with van der Waals surface area (Å²) in [5, 5.41) is 9.67. The second-order valence-electron chi connectivity index (χ2n) is 5.59. The maximum atomic E-state index is 9.67. The maximum Gasteiger partial charge on any atom is 0.186 e. The van der Waals surface area contributed by atoms with E-state index in [4.69, 9.17) is 13.9 Å². The van der Waals surface area contributed by atoms with Gasteiger partial charge in [0.1, 0.15) is 6.07 Å². The van der Waals surface area contributed by atoms with Crippen molar-refractivity contribution in [3.8, 4) is 17.6 Å². The van der Waals surface area contributed by atoms with Crippen molar-refractivity contribution in [2.24, 2.45) is 0 Å². The topological polar surface area (TPSA) is 51.5 Å². The van der Waals surface area contributed by atoms with E-state index in [2.05, 4.69) is 25.7 Å². The summed E-state index contributed by atoms with van der Waals surface area (Å²) in [6, 6.07) is 7.95. The summed E-state index contributed by atoms with van der Waals surface area (Å²) >= 11 is 0. The zero-order valence-electron chi connectivity index (χ0n) is 11.8. The van der Waals surface area contributed by atoms with Gasteiger partial charge in [-0.15, -0.1) is 0 Å². The summed E-state index contributed by atoms with van der Waals surface area (Å²) in [5.74, 6) is 1.28. The molecule has 5 heteroatoms. The molecule has 0 aliphatic carbocycles. The fourth-order valence-corrected chi connectivity index (χ4v) is 3.65. The smallest absolute Gasteiger partial charge is 0.186 e. The summed E-state index contributed by atoms with van der Waals surface area (Å²) in [6.45, 7) is 6.72. The fourth-order valence-electron chi connectivity index (χ4n) is 2.34. The Hall–Kier alpha value is -1.51. The molecule has 1 heterocycles. The Morgan fingerprint density at radius 1 is 1.37 bits per heavy atom. The molecule has 1 atom stereocenters. The lowest BCUT2D eigenvalue weighted by molar-refractivity contribution is 0.0647. The molecule has 0 spiro atoms. The van der Waals surface area contributed by atoms with E-state index < -0.39 is 13.9 Å². The van der Waals surface area contributed by atoms with Crippen LogP contribution in [0.15, 0.2) is 18.2 Å². The van der Waals surface area contributed by atoms with E-state index in [1.807, 2.05) is 18.2 Å². The van der Waals surface area contributed by atoms with Crippen molar-refractivity contribution >= 4 is 8.32 Å². The van der Waals surface area contributed by atoms with E-state index in [0.717, 1.165) is 5.56 Å². The van der Waals surface area contributed by atoms with Crippen LogP contribution in [0.4, 0.5) is 0 Å². The van der Waals surface area contributed by atoms with Crippen LogP contribution in [0.2, 0.25) is 19.6 Å². The van der Waals surface area contributed by atoms with E-state index in [-0.39, 0.29) is 0 Å². The molecule has 0 radical (unpaired) electrons. The van der Waals surface area contributed by atoms with Crippen molar-refractivity contribution in [2.75, 3.05) is 13.7 Å². The number of nitriles is 1. The molecule has 1 unspecified atom stereocenters. The number of hydrogen-bond donors (Lipinski definition) is 0. The van der Waals surface area contributed by atoms with Crippen molar-refractivity contribution in [3.05, 3.63) is 23.8 Å². The lowest BCUT2D eigenvalue weighted by atomic mass is 9.89. The van der Waals surface area contributed by atoms with Gasteiger partial charge in [0.2, 0.25) is 0 Å². The van der Waals surface area contributed by atoms with Crippen molar-refractivity contribution in [2.45, 2.75) is 31.7 Å². The third-order valence-electron chi connectivity index (χ3n) is 3.00. The van der Waals surface area contributed by atoms with E-state index in [1.165, 1.54) is 0 Å². The average molecular weight is 277 g/mol. The third kappa shape index (κ3) is 2.60. The zero-order chi connectivity index (χ0) is 14.1. The van der Waals surface area contributed by atoms with E-state index in [0.29, 0.717) is 24.5 Å². The second-order valence-corrected chi connectivity index (χ2v) is 10.0. The maximum absolute atomic E-state index is 9.67. The van der Waals surface area contributed by atoms with Crippen molar-refractivity contribution < 1.29 is 13.9 Å². The molecular weight excluding hydrogens is 258 g/mol. The van der Waals surface area contributed by atoms with Crippen molar-refractivity contribution in [3.63, 3.8) is 0 Å². The summed E-state index contributed by atoms with van der Waals surface area (Å²) in [6.07, 6.45) is 0.550. The second kappa shape index (κ2) is 4.87. The molecule has 1 aliphatic heterocycles. The van der Waals surface area contributed by atoms with E-state index >= 15 is 0 Å². The van der Waals surface area contributed by atoms with Gasteiger partial charge in [-0.2, -0.15) is 5.26 Å². The first-order valence-electron chi connectivity index (χ1n) is 6.33. The van der Waals surface area contributed by atoms with Gasteiger partial charge in [0, 0.05) is 12.0 Å². The van der Waals surface area contributed by atoms with Gasteiger partial charge in [0.15, 0.2) is 25.4 Å². The summed E-state index contributed by atoms with van der Waals surface area (Å²) in [4.78, 5) is 0. The standard InChI is InChI=1S/C14H19NO3Si/c1-16-12-7-5-6-11-13(12)17-9-8-14(11,10-15)18-19(2,3)4/h5-7H,8-9H2,1-4H3. The Balaban J connectivity index is 2.54. The highest BCUT2D eigenvalue weighted by atomic mass is 28.4. The van der Waals surface area contributed by atoms with Crippen LogP contribution < -0.4 is 9.47 Å². The number of fused-ring (bicyclic) bond motifs is 1. The predicted molar refractivity (Wildman–Crippen MR) is 74.8 cm³/mol. The van der Waals surface area contributed by atoms with Gasteiger partial charge in [0.25, 0.3) is 0 Å². The monoisotopic (exact) mass is 277 g/mol. The molecule has 0 bridgehead atoms. The molecular formula is C14H19NO3Si. The first kappa shape index (κ1) is 13.9. The lowest BCUT2D eigenvalue weighted by Gasteiger charge is -2.38. The molecule has 2 rings (SSSR count). The van der Waals surface area contributed by atoms with Crippen LogP contribution in [0.5, 0.6) is 11.5 Å². The lowest BCUT2D eigenvalue weighted by Crippen LogP contribution is -2.43. The van der Waals surface area contributed by atoms with Gasteiger partial charge in [0.05, 0.1) is 13.7 Å². The van der Waals surface area contributed by atoms with Crippen LogP contribution in [-0.4, -0.2) is 22.0 Å². The quantitative estimate of drug-likeness (QED) is 0.797. The average Bonchev–Trinajstić information content (AvgIpc) is 2.36. The molecule has 4 nitrogen and oxygen atoms in total. The van der Waals surface area contributed by atoms with Crippen LogP contribution >= 0.6 is 0 Å². The molecule has 1 aromatic carbocycles. The third-order valence-corrected chi connectivity index (χ3v) is 3.96. The molecule has 19 heavy (non-hydrogen) atoms. The Bertz CT molecular complexity index is 518. The normalized spacial score (nSPS) is 22.1. The molecule has 0 aromatic heterocycles. The Morgan fingerprint density at radius 2 is 2.11 bits per heavy atom. The van der Waals surface area contributed by atoms with Crippen molar-refractivity contribution in [1.82, 2.24) is 0 Å². The van der Waals surface area contributed by atoms with E-state index in [9.17, 15) is 5.26 Å². The van der Waals surface area contributed by atoms with Crippen LogP contribution in [0, 0.1) is 11.3 Å². The number of benzene rings is 1. The van der Waals surface area contributed by atoms with Gasteiger partial charge in [-0.3, -0.25) is 0 Å². The molecule has 0 N–H and O–H groups in total. The largest absolute Gasteiger partial charge is 0.493 e. The van der Waals surface area contributed by atoms with Gasteiger partial charge in [-0.25, -0.2) is 0 Å².